The predicted octanol–water partition coefficient (Wildman–Crippen LogP) is 2.76. The zero-order valence-corrected chi connectivity index (χ0v) is 16.5. The van der Waals surface area contributed by atoms with Crippen LogP contribution in [0.5, 0.6) is 0 Å². The lowest BCUT2D eigenvalue weighted by atomic mass is 9.87. The number of rotatable bonds is 6. The number of hydrogen-bond donors (Lipinski definition) is 2. The summed E-state index contributed by atoms with van der Waals surface area (Å²) in [5.41, 5.74) is -1.08. The molecule has 9 heteroatoms. The summed E-state index contributed by atoms with van der Waals surface area (Å²) in [6.45, 7) is 5.03. The molecule has 1 aromatic carbocycles. The summed E-state index contributed by atoms with van der Waals surface area (Å²) < 4.78 is 52.8. The van der Waals surface area contributed by atoms with Gasteiger partial charge in [0.1, 0.15) is 12.1 Å². The highest BCUT2D eigenvalue weighted by Crippen LogP contribution is 2.30. The molecule has 2 N–H and O–H groups in total. The molecule has 0 spiro atoms. The van der Waals surface area contributed by atoms with E-state index in [9.17, 15) is 17.8 Å². The van der Waals surface area contributed by atoms with Gasteiger partial charge in [0.2, 0.25) is 0 Å². The van der Waals surface area contributed by atoms with E-state index in [2.05, 4.69) is 10.0 Å². The number of carbonyl (C=O) groups is 1. The van der Waals surface area contributed by atoms with Gasteiger partial charge in [-0.05, 0) is 32.8 Å². The SMILES string of the molecule is CC(C)(C)[S@@](=O)N[C@]1(C(F)F)CCOC[C@@H]1NC(=O)OCc1ccccc1. The number of carbonyl (C=O) groups excluding carboxylic acids is 1. The molecular weight excluding hydrogens is 378 g/mol. The molecule has 27 heavy (non-hydrogen) atoms. The third-order valence-corrected chi connectivity index (χ3v) is 5.98. The lowest BCUT2D eigenvalue weighted by Gasteiger charge is -2.44. The van der Waals surface area contributed by atoms with Crippen LogP contribution in [-0.2, 0) is 27.1 Å². The molecule has 6 nitrogen and oxygen atoms in total. The number of nitrogens with one attached hydrogen (secondary N) is 2. The van der Waals surface area contributed by atoms with Crippen molar-refractivity contribution in [3.63, 3.8) is 0 Å². The van der Waals surface area contributed by atoms with Crippen LogP contribution in [0.4, 0.5) is 13.6 Å². The molecule has 0 radical (unpaired) electrons. The Kier molecular flexibility index (Phi) is 7.30. The fourth-order valence-corrected chi connectivity index (χ4v) is 3.58. The molecule has 3 atom stereocenters. The van der Waals surface area contributed by atoms with Crippen LogP contribution in [0.2, 0.25) is 0 Å². The van der Waals surface area contributed by atoms with Crippen LogP contribution in [0.15, 0.2) is 30.3 Å². The maximum absolute atomic E-state index is 14.0. The van der Waals surface area contributed by atoms with Crippen molar-refractivity contribution in [2.75, 3.05) is 13.2 Å². The molecule has 0 saturated carbocycles. The van der Waals surface area contributed by atoms with Crippen molar-refractivity contribution in [2.24, 2.45) is 0 Å². The molecule has 152 valence electrons. The van der Waals surface area contributed by atoms with Gasteiger partial charge in [0.05, 0.1) is 28.4 Å². The molecular formula is C18H26F2N2O4S. The first-order valence-electron chi connectivity index (χ1n) is 8.68. The van der Waals surface area contributed by atoms with E-state index in [1.165, 1.54) is 0 Å². The molecule has 1 aliphatic rings. The van der Waals surface area contributed by atoms with Crippen LogP contribution >= 0.6 is 0 Å². The van der Waals surface area contributed by atoms with E-state index in [-0.39, 0.29) is 26.2 Å². The Hall–Kier alpha value is -1.58. The van der Waals surface area contributed by atoms with Gasteiger partial charge in [0.25, 0.3) is 6.43 Å². The van der Waals surface area contributed by atoms with Gasteiger partial charge < -0.3 is 14.8 Å². The number of halogens is 2. The van der Waals surface area contributed by atoms with Crippen molar-refractivity contribution in [2.45, 2.75) is 56.6 Å². The minimum absolute atomic E-state index is 0.0171. The lowest BCUT2D eigenvalue weighted by Crippen LogP contribution is -2.70. The second-order valence-electron chi connectivity index (χ2n) is 7.41. The Morgan fingerprint density at radius 1 is 1.37 bits per heavy atom. The van der Waals surface area contributed by atoms with Crippen LogP contribution in [0.1, 0.15) is 32.8 Å². The van der Waals surface area contributed by atoms with Crippen molar-refractivity contribution < 1.29 is 27.3 Å². The molecule has 1 fully saturated rings. The highest BCUT2D eigenvalue weighted by atomic mass is 32.2. The first-order valence-corrected chi connectivity index (χ1v) is 9.83. The molecule has 0 unspecified atom stereocenters. The first-order chi connectivity index (χ1) is 12.6. The van der Waals surface area contributed by atoms with E-state index in [1.807, 2.05) is 6.07 Å². The van der Waals surface area contributed by atoms with Gasteiger partial charge in [-0.3, -0.25) is 0 Å². The summed E-state index contributed by atoms with van der Waals surface area (Å²) in [5, 5.41) is 2.46. The molecule has 1 heterocycles. The minimum atomic E-state index is -2.85. The van der Waals surface area contributed by atoms with Crippen LogP contribution in [-0.4, -0.2) is 46.3 Å². The zero-order valence-electron chi connectivity index (χ0n) is 15.7. The highest BCUT2D eigenvalue weighted by Gasteiger charge is 2.51. The van der Waals surface area contributed by atoms with Crippen LogP contribution in [0.25, 0.3) is 0 Å². The van der Waals surface area contributed by atoms with E-state index in [0.29, 0.717) is 0 Å². The fourth-order valence-electron chi connectivity index (χ4n) is 2.60. The van der Waals surface area contributed by atoms with E-state index < -0.39 is 39.8 Å². The zero-order chi connectivity index (χ0) is 20.1. The minimum Gasteiger partial charge on any atom is -0.445 e. The van der Waals surface area contributed by atoms with Crippen LogP contribution < -0.4 is 10.0 Å². The summed E-state index contributed by atoms with van der Waals surface area (Å²) >= 11 is 0. The average molecular weight is 404 g/mol. The Morgan fingerprint density at radius 3 is 2.63 bits per heavy atom. The molecule has 1 amide bonds. The normalized spacial score (nSPS) is 24.4. The number of alkyl carbamates (subject to hydrolysis) is 1. The fraction of sp³-hybridized carbons (Fsp3) is 0.611. The van der Waals surface area contributed by atoms with Crippen LogP contribution in [0.3, 0.4) is 0 Å². The molecule has 0 aliphatic carbocycles. The third-order valence-electron chi connectivity index (χ3n) is 4.30. The maximum Gasteiger partial charge on any atom is 0.407 e. The van der Waals surface area contributed by atoms with Gasteiger partial charge in [-0.25, -0.2) is 22.5 Å². The summed E-state index contributed by atoms with van der Waals surface area (Å²) in [7, 11) is -1.74. The third kappa shape index (κ3) is 5.70. The lowest BCUT2D eigenvalue weighted by molar-refractivity contribution is -0.0579. The number of benzene rings is 1. The molecule has 1 saturated heterocycles. The Bertz CT molecular complexity index is 655. The highest BCUT2D eigenvalue weighted by molar-refractivity contribution is 7.84. The van der Waals surface area contributed by atoms with Gasteiger partial charge in [-0.2, -0.15) is 0 Å². The van der Waals surface area contributed by atoms with Gasteiger partial charge >= 0.3 is 6.09 Å². The second-order valence-corrected chi connectivity index (χ2v) is 9.37. The van der Waals surface area contributed by atoms with Gasteiger partial charge in [0, 0.05) is 6.61 Å². The number of alkyl halides is 2. The molecule has 1 aromatic rings. The van der Waals surface area contributed by atoms with Crippen molar-refractivity contribution >= 4 is 17.1 Å². The molecule has 2 rings (SSSR count). The largest absolute Gasteiger partial charge is 0.445 e. The summed E-state index contributed by atoms with van der Waals surface area (Å²) in [6.07, 6.45) is -3.77. The van der Waals surface area contributed by atoms with E-state index in [4.69, 9.17) is 9.47 Å². The van der Waals surface area contributed by atoms with Crippen molar-refractivity contribution in [1.82, 2.24) is 10.0 Å². The van der Waals surface area contributed by atoms with Crippen molar-refractivity contribution in [3.05, 3.63) is 35.9 Å². The predicted molar refractivity (Wildman–Crippen MR) is 98.8 cm³/mol. The van der Waals surface area contributed by atoms with E-state index in [0.717, 1.165) is 5.56 Å². The van der Waals surface area contributed by atoms with Crippen molar-refractivity contribution in [1.29, 1.82) is 0 Å². The van der Waals surface area contributed by atoms with Gasteiger partial charge in [0.15, 0.2) is 0 Å². The molecule has 0 bridgehead atoms. The molecule has 0 aromatic heterocycles. The quantitative estimate of drug-likeness (QED) is 0.764. The standard InChI is InChI=1S/C18H26F2N2O4S/c1-17(2,3)27(24)22-18(15(19)20)9-10-25-12-14(18)21-16(23)26-11-13-7-5-4-6-8-13/h4-8,14-15,22H,9-12H2,1-3H3,(H,21,23)/t14-,18+,27+/m0/s1. The van der Waals surface area contributed by atoms with E-state index in [1.54, 1.807) is 45.0 Å². The summed E-state index contributed by atoms with van der Waals surface area (Å²) in [6, 6.07) is 7.93. The summed E-state index contributed by atoms with van der Waals surface area (Å²) in [5.74, 6) is 0. The summed E-state index contributed by atoms with van der Waals surface area (Å²) in [4.78, 5) is 12.1. The molecule has 1 aliphatic heterocycles. The smallest absolute Gasteiger partial charge is 0.407 e. The number of hydrogen-bond acceptors (Lipinski definition) is 4. The van der Waals surface area contributed by atoms with Gasteiger partial charge in [-0.1, -0.05) is 30.3 Å². The second kappa shape index (κ2) is 9.07. The van der Waals surface area contributed by atoms with Crippen LogP contribution in [0, 0.1) is 0 Å². The van der Waals surface area contributed by atoms with Crippen molar-refractivity contribution in [3.8, 4) is 0 Å². The number of amides is 1. The maximum atomic E-state index is 14.0. The Balaban J connectivity index is 2.08. The average Bonchev–Trinajstić information content (AvgIpc) is 2.61. The Labute approximate surface area is 160 Å². The first kappa shape index (κ1) is 21.7. The topological polar surface area (TPSA) is 76.7 Å². The van der Waals surface area contributed by atoms with E-state index >= 15 is 0 Å². The monoisotopic (exact) mass is 404 g/mol. The Morgan fingerprint density at radius 2 is 2.04 bits per heavy atom. The number of ether oxygens (including phenoxy) is 2. The van der Waals surface area contributed by atoms with Gasteiger partial charge in [-0.15, -0.1) is 0 Å².